The van der Waals surface area contributed by atoms with Gasteiger partial charge in [-0.2, -0.15) is 4.98 Å². The molecule has 3 N–H and O–H groups in total. The van der Waals surface area contributed by atoms with Crippen molar-refractivity contribution in [1.82, 2.24) is 15.3 Å². The number of aliphatic hydroxyl groups is 1. The zero-order valence-electron chi connectivity index (χ0n) is 9.94. The molecule has 0 aromatic carbocycles. The van der Waals surface area contributed by atoms with E-state index in [2.05, 4.69) is 20.6 Å². The highest BCUT2D eigenvalue weighted by Crippen LogP contribution is 2.13. The summed E-state index contributed by atoms with van der Waals surface area (Å²) >= 11 is 0. The molecule has 6 heteroatoms. The molecule has 0 bridgehead atoms. The summed E-state index contributed by atoms with van der Waals surface area (Å²) in [5, 5.41) is 15.9. The van der Waals surface area contributed by atoms with Gasteiger partial charge in [0.1, 0.15) is 5.60 Å². The quantitative estimate of drug-likeness (QED) is 0.648. The molecule has 0 aliphatic carbocycles. The van der Waals surface area contributed by atoms with Gasteiger partial charge in [-0.15, -0.1) is 0 Å². The molecule has 2 rings (SSSR count). The molecule has 0 amide bonds. The summed E-state index contributed by atoms with van der Waals surface area (Å²) in [7, 11) is 0. The standard InChI is InChI=1S/C11H18N4O2/c1-2-5-17-9-3-4-13-10(15-9)14-8-11(16)6-12-7-11/h3-4,12,16H,2,5-8H2,1H3,(H,13,14,15). The number of ether oxygens (including phenoxy) is 1. The summed E-state index contributed by atoms with van der Waals surface area (Å²) in [4.78, 5) is 8.27. The first kappa shape index (κ1) is 12.1. The number of rotatable bonds is 6. The van der Waals surface area contributed by atoms with Crippen LogP contribution in [0.1, 0.15) is 13.3 Å². The maximum absolute atomic E-state index is 9.87. The monoisotopic (exact) mass is 238 g/mol. The van der Waals surface area contributed by atoms with Crippen LogP contribution in [0.5, 0.6) is 5.88 Å². The maximum Gasteiger partial charge on any atom is 0.226 e. The molecule has 0 saturated carbocycles. The summed E-state index contributed by atoms with van der Waals surface area (Å²) in [5.74, 6) is 1.04. The second-order valence-corrected chi connectivity index (χ2v) is 4.25. The predicted octanol–water partition coefficient (Wildman–Crippen LogP) is 0.0116. The van der Waals surface area contributed by atoms with Crippen molar-refractivity contribution < 1.29 is 9.84 Å². The molecule has 17 heavy (non-hydrogen) atoms. The minimum Gasteiger partial charge on any atom is -0.478 e. The molecule has 1 saturated heterocycles. The summed E-state index contributed by atoms with van der Waals surface area (Å²) in [6.07, 6.45) is 2.58. The van der Waals surface area contributed by atoms with Crippen LogP contribution in [-0.4, -0.2) is 46.9 Å². The van der Waals surface area contributed by atoms with E-state index < -0.39 is 5.60 Å². The Bertz CT molecular complexity index is 368. The topological polar surface area (TPSA) is 79.3 Å². The Hall–Kier alpha value is -1.40. The number of nitrogens with zero attached hydrogens (tertiary/aromatic N) is 2. The van der Waals surface area contributed by atoms with Crippen LogP contribution in [0, 0.1) is 0 Å². The van der Waals surface area contributed by atoms with Gasteiger partial charge in [0.05, 0.1) is 6.61 Å². The molecule has 2 heterocycles. The maximum atomic E-state index is 9.87. The normalized spacial score (nSPS) is 17.3. The van der Waals surface area contributed by atoms with E-state index >= 15 is 0 Å². The molecule has 94 valence electrons. The number of hydrogen-bond donors (Lipinski definition) is 3. The zero-order chi connectivity index (χ0) is 12.1. The Balaban J connectivity index is 1.87. The van der Waals surface area contributed by atoms with E-state index in [1.165, 1.54) is 0 Å². The van der Waals surface area contributed by atoms with Gasteiger partial charge in [0.15, 0.2) is 0 Å². The molecule has 0 radical (unpaired) electrons. The smallest absolute Gasteiger partial charge is 0.226 e. The number of aromatic nitrogens is 2. The molecule has 1 aliphatic heterocycles. The van der Waals surface area contributed by atoms with Gasteiger partial charge in [-0.1, -0.05) is 6.92 Å². The van der Waals surface area contributed by atoms with Crippen molar-refractivity contribution in [2.24, 2.45) is 0 Å². The van der Waals surface area contributed by atoms with Crippen molar-refractivity contribution in [3.63, 3.8) is 0 Å². The van der Waals surface area contributed by atoms with Crippen molar-refractivity contribution in [3.8, 4) is 5.88 Å². The van der Waals surface area contributed by atoms with E-state index in [9.17, 15) is 5.11 Å². The van der Waals surface area contributed by atoms with Crippen LogP contribution in [-0.2, 0) is 0 Å². The third-order valence-corrected chi connectivity index (χ3v) is 2.57. The van der Waals surface area contributed by atoms with Gasteiger partial charge in [-0.05, 0) is 6.42 Å². The number of β-amino-alcohol motifs (C(OH)–C–C–N with tert-alkyl or cyclic N) is 1. The van der Waals surface area contributed by atoms with E-state index in [1.807, 2.05) is 6.92 Å². The number of anilines is 1. The van der Waals surface area contributed by atoms with Crippen molar-refractivity contribution in [2.45, 2.75) is 18.9 Å². The highest BCUT2D eigenvalue weighted by Gasteiger charge is 2.33. The first-order valence-corrected chi connectivity index (χ1v) is 5.85. The van der Waals surface area contributed by atoms with Crippen LogP contribution < -0.4 is 15.4 Å². The van der Waals surface area contributed by atoms with Gasteiger partial charge >= 0.3 is 0 Å². The highest BCUT2D eigenvalue weighted by atomic mass is 16.5. The third kappa shape index (κ3) is 3.28. The average Bonchev–Trinajstić information content (AvgIpc) is 2.32. The van der Waals surface area contributed by atoms with Crippen LogP contribution in [0.2, 0.25) is 0 Å². The Morgan fingerprint density at radius 1 is 1.59 bits per heavy atom. The fourth-order valence-electron chi connectivity index (χ4n) is 1.50. The molecular formula is C11H18N4O2. The van der Waals surface area contributed by atoms with Crippen LogP contribution >= 0.6 is 0 Å². The molecule has 0 atom stereocenters. The van der Waals surface area contributed by atoms with Gasteiger partial charge in [0.2, 0.25) is 11.8 Å². The first-order valence-electron chi connectivity index (χ1n) is 5.85. The van der Waals surface area contributed by atoms with Crippen LogP contribution in [0.3, 0.4) is 0 Å². The average molecular weight is 238 g/mol. The van der Waals surface area contributed by atoms with Crippen LogP contribution in [0.25, 0.3) is 0 Å². The van der Waals surface area contributed by atoms with Gasteiger partial charge in [0.25, 0.3) is 0 Å². The minimum absolute atomic E-state index is 0.442. The fraction of sp³-hybridized carbons (Fsp3) is 0.636. The molecule has 1 aromatic rings. The van der Waals surface area contributed by atoms with Gasteiger partial charge in [-0.25, -0.2) is 4.98 Å². The largest absolute Gasteiger partial charge is 0.478 e. The Kier molecular flexibility index (Phi) is 3.75. The Labute approximate surface area is 100 Å². The molecular weight excluding hydrogens is 220 g/mol. The van der Waals surface area contributed by atoms with Crippen LogP contribution in [0.15, 0.2) is 12.3 Å². The lowest BCUT2D eigenvalue weighted by molar-refractivity contribution is 0.00297. The second kappa shape index (κ2) is 5.29. The van der Waals surface area contributed by atoms with Crippen molar-refractivity contribution in [2.75, 3.05) is 31.6 Å². The Morgan fingerprint density at radius 3 is 3.06 bits per heavy atom. The van der Waals surface area contributed by atoms with Crippen molar-refractivity contribution in [1.29, 1.82) is 0 Å². The highest BCUT2D eigenvalue weighted by molar-refractivity contribution is 5.28. The Morgan fingerprint density at radius 2 is 2.41 bits per heavy atom. The van der Waals surface area contributed by atoms with Crippen molar-refractivity contribution >= 4 is 5.95 Å². The molecule has 1 fully saturated rings. The summed E-state index contributed by atoms with van der Waals surface area (Å²) < 4.78 is 5.40. The van der Waals surface area contributed by atoms with E-state index in [1.54, 1.807) is 12.3 Å². The first-order chi connectivity index (χ1) is 8.22. The number of hydrogen-bond acceptors (Lipinski definition) is 6. The molecule has 0 spiro atoms. The molecule has 1 aliphatic rings. The van der Waals surface area contributed by atoms with Gasteiger partial charge < -0.3 is 20.5 Å². The fourth-order valence-corrected chi connectivity index (χ4v) is 1.50. The van der Waals surface area contributed by atoms with E-state index in [-0.39, 0.29) is 0 Å². The number of nitrogens with one attached hydrogen (secondary N) is 2. The SMILES string of the molecule is CCCOc1ccnc(NCC2(O)CNC2)n1. The van der Waals surface area contributed by atoms with Gasteiger partial charge in [-0.3, -0.25) is 0 Å². The lowest BCUT2D eigenvalue weighted by atomic mass is 9.98. The summed E-state index contributed by atoms with van der Waals surface area (Å²) in [6, 6.07) is 1.72. The minimum atomic E-state index is -0.677. The molecule has 1 aromatic heterocycles. The third-order valence-electron chi connectivity index (χ3n) is 2.57. The second-order valence-electron chi connectivity index (χ2n) is 4.25. The van der Waals surface area contributed by atoms with E-state index in [0.29, 0.717) is 38.1 Å². The predicted molar refractivity (Wildman–Crippen MR) is 64.1 cm³/mol. The summed E-state index contributed by atoms with van der Waals surface area (Å²) in [5.41, 5.74) is -0.677. The van der Waals surface area contributed by atoms with E-state index in [0.717, 1.165) is 6.42 Å². The summed E-state index contributed by atoms with van der Waals surface area (Å²) in [6.45, 7) is 4.33. The molecule has 0 unspecified atom stereocenters. The van der Waals surface area contributed by atoms with E-state index in [4.69, 9.17) is 4.74 Å². The lowest BCUT2D eigenvalue weighted by Gasteiger charge is -2.37. The molecule has 6 nitrogen and oxygen atoms in total. The van der Waals surface area contributed by atoms with Gasteiger partial charge in [0, 0.05) is 31.9 Å². The zero-order valence-corrected chi connectivity index (χ0v) is 9.94. The van der Waals surface area contributed by atoms with Crippen LogP contribution in [0.4, 0.5) is 5.95 Å². The lowest BCUT2D eigenvalue weighted by Crippen LogP contribution is -2.63. The van der Waals surface area contributed by atoms with Crippen molar-refractivity contribution in [3.05, 3.63) is 12.3 Å².